The van der Waals surface area contributed by atoms with Gasteiger partial charge in [0.1, 0.15) is 0 Å². The van der Waals surface area contributed by atoms with Crippen LogP contribution in [0.4, 0.5) is 0 Å². The summed E-state index contributed by atoms with van der Waals surface area (Å²) in [6.45, 7) is 0. The summed E-state index contributed by atoms with van der Waals surface area (Å²) in [5.74, 6) is 0. The molecule has 0 aliphatic heterocycles. The van der Waals surface area contributed by atoms with Gasteiger partial charge in [-0.2, -0.15) is 0 Å². The summed E-state index contributed by atoms with van der Waals surface area (Å²) < 4.78 is 0. The molecule has 0 radical (unpaired) electrons. The molecule has 8 N–H and O–H groups in total. The molecule has 0 aromatic heterocycles. The first-order valence-corrected chi connectivity index (χ1v) is 0.548. The van der Waals surface area contributed by atoms with Crippen molar-refractivity contribution < 1.29 is 57.8 Å². The van der Waals surface area contributed by atoms with Crippen LogP contribution < -0.4 is 6.15 Å². The third kappa shape index (κ3) is 922. The van der Waals surface area contributed by atoms with Crippen molar-refractivity contribution in [1.29, 1.82) is 0 Å². The van der Waals surface area contributed by atoms with Crippen molar-refractivity contribution in [2.75, 3.05) is 0 Å². The minimum absolute atomic E-state index is 0. The quantitative estimate of drug-likeness (QED) is 0.411. The van der Waals surface area contributed by atoms with Gasteiger partial charge in [-0.25, -0.2) is 0 Å². The second kappa shape index (κ2) is 26.0. The van der Waals surface area contributed by atoms with Crippen molar-refractivity contribution in [2.24, 2.45) is 0 Å². The molecule has 0 heterocycles. The molecule has 0 bridgehead atoms. The molecule has 0 fully saturated rings. The molecule has 0 amide bonds. The van der Waals surface area contributed by atoms with Crippen LogP contribution in [0.1, 0.15) is 0 Å². The maximum absolute atomic E-state index is 8.25. The van der Waals surface area contributed by atoms with Gasteiger partial charge < -0.3 is 32.4 Å². The first-order chi connectivity index (χ1) is 1.73. The van der Waals surface area contributed by atoms with Gasteiger partial charge >= 0.3 is 0 Å². The average molecular weight is 256 g/mol. The van der Waals surface area contributed by atoms with E-state index in [9.17, 15) is 0 Å². The summed E-state index contributed by atoms with van der Waals surface area (Å²) in [6, 6.07) is 0. The number of quaternary nitrogens is 1. The third-order valence-electron chi connectivity index (χ3n) is 0. The van der Waals surface area contributed by atoms with E-state index in [1.54, 1.807) is 0 Å². The van der Waals surface area contributed by atoms with Gasteiger partial charge in [0.05, 0.1) is 5.09 Å². The van der Waals surface area contributed by atoms with E-state index >= 15 is 0 Å². The molecule has 8 heavy (non-hydrogen) atoms. The molecular formula is H8CeN2O5. The molecule has 0 saturated carbocycles. The Bertz CT molecular complexity index is 33.4. The maximum Gasteiger partial charge on any atom is 0.0689 e. The summed E-state index contributed by atoms with van der Waals surface area (Å²) >= 11 is 0. The van der Waals surface area contributed by atoms with E-state index in [0.29, 0.717) is 0 Å². The van der Waals surface area contributed by atoms with Crippen LogP contribution in [0.15, 0.2) is 0 Å². The van der Waals surface area contributed by atoms with E-state index in [2.05, 4.69) is 0 Å². The van der Waals surface area contributed by atoms with Gasteiger partial charge in [-0.1, -0.05) is 0 Å². The normalized spacial score (nSPS) is 3.00. The van der Waals surface area contributed by atoms with Crippen molar-refractivity contribution in [3.8, 4) is 0 Å². The fourth-order valence-electron chi connectivity index (χ4n) is 0. The Hall–Kier alpha value is 0.457. The minimum Gasteiger partial charge on any atom is -0.412 e. The average Bonchev–Trinajstić information content (AvgIpc) is 0.811. The zero-order chi connectivity index (χ0) is 3.58. The molecule has 0 aliphatic carbocycles. The van der Waals surface area contributed by atoms with Crippen LogP contribution in [0.3, 0.4) is 0 Å². The van der Waals surface area contributed by atoms with Crippen LogP contribution in [-0.4, -0.2) is 16.0 Å². The van der Waals surface area contributed by atoms with Gasteiger partial charge in [-0.05, 0) is 0 Å². The summed E-state index contributed by atoms with van der Waals surface area (Å²) in [6.07, 6.45) is 0. The zero-order valence-corrected chi connectivity index (χ0v) is 7.31. The van der Waals surface area contributed by atoms with Gasteiger partial charge in [-0.3, -0.25) is 0 Å². The number of nitrogens with zero attached hydrogens (tertiary/aromatic N) is 1. The minimum atomic E-state index is -1.75. The van der Waals surface area contributed by atoms with E-state index in [-0.39, 0.29) is 58.9 Å². The Morgan fingerprint density at radius 2 is 1.12 bits per heavy atom. The fourth-order valence-corrected chi connectivity index (χ4v) is 0. The van der Waals surface area contributed by atoms with Gasteiger partial charge in [0.2, 0.25) is 0 Å². The van der Waals surface area contributed by atoms with Gasteiger partial charge in [0, 0.05) is 41.7 Å². The van der Waals surface area contributed by atoms with Crippen LogP contribution in [0.25, 0.3) is 0 Å². The maximum atomic E-state index is 8.25. The van der Waals surface area contributed by atoms with Crippen LogP contribution >= 0.6 is 0 Å². The van der Waals surface area contributed by atoms with Crippen molar-refractivity contribution in [2.45, 2.75) is 0 Å². The fraction of sp³-hybridized carbons (Fsp3) is 0. The molecule has 0 saturated heterocycles. The van der Waals surface area contributed by atoms with Crippen molar-refractivity contribution in [3.63, 3.8) is 0 Å². The number of rotatable bonds is 0. The topological polar surface area (TPSA) is 166 Å². The van der Waals surface area contributed by atoms with E-state index in [4.69, 9.17) is 15.3 Å². The Morgan fingerprint density at radius 1 is 1.12 bits per heavy atom. The van der Waals surface area contributed by atoms with Crippen molar-refractivity contribution in [1.82, 2.24) is 6.15 Å². The molecule has 0 spiro atoms. The summed E-state index contributed by atoms with van der Waals surface area (Å²) in [7, 11) is 0. The number of hydrogen-bond donors (Lipinski definition) is 1. The SMILES string of the molecule is O.O.O=[N+]([O-])[O-].[Ce].[NH4+]. The van der Waals surface area contributed by atoms with Crippen LogP contribution in [0.5, 0.6) is 0 Å². The van der Waals surface area contributed by atoms with Gasteiger partial charge in [0.15, 0.2) is 0 Å². The molecule has 0 unspecified atom stereocenters. The summed E-state index contributed by atoms with van der Waals surface area (Å²) in [5.41, 5.74) is 0. The third-order valence-corrected chi connectivity index (χ3v) is 0. The number of hydrogen-bond acceptors (Lipinski definition) is 3. The largest absolute Gasteiger partial charge is 0.412 e. The molecule has 7 nitrogen and oxygen atoms in total. The molecule has 8 heteroatoms. The van der Waals surface area contributed by atoms with E-state index < -0.39 is 5.09 Å². The molecular weight excluding hydrogens is 248 g/mol. The summed E-state index contributed by atoms with van der Waals surface area (Å²) in [5, 5.41) is 14.8. The Balaban J connectivity index is -0.00000000750. The molecule has 0 atom stereocenters. The van der Waals surface area contributed by atoms with E-state index in [1.807, 2.05) is 0 Å². The monoisotopic (exact) mass is 256 g/mol. The Morgan fingerprint density at radius 3 is 1.12 bits per heavy atom. The van der Waals surface area contributed by atoms with Crippen molar-refractivity contribution in [3.05, 3.63) is 15.3 Å². The first kappa shape index (κ1) is 39.4. The smallest absolute Gasteiger partial charge is 0.0689 e. The van der Waals surface area contributed by atoms with Crippen LogP contribution in [0.2, 0.25) is 0 Å². The molecule has 0 rings (SSSR count). The zero-order valence-electron chi connectivity index (χ0n) is 4.17. The Labute approximate surface area is 78.8 Å². The second-order valence-electron chi connectivity index (χ2n) is 0.224. The predicted molar refractivity (Wildman–Crippen MR) is 23.6 cm³/mol. The van der Waals surface area contributed by atoms with Crippen molar-refractivity contribution >= 4 is 0 Å². The standard InChI is InChI=1S/Ce.NO3.H3N.2H2O/c;2-1(3)4;;;/h;;1H3;2*1H2/q;-1;;;/p+1. The van der Waals surface area contributed by atoms with Crippen LogP contribution in [-0.2, 0) is 0 Å². The van der Waals surface area contributed by atoms with E-state index in [0.717, 1.165) is 0 Å². The molecule has 0 aliphatic rings. The Kier molecular flexibility index (Phi) is 128. The predicted octanol–water partition coefficient (Wildman–Crippen LogP) is -1.51. The molecule has 52 valence electrons. The van der Waals surface area contributed by atoms with Crippen LogP contribution in [0, 0.1) is 57.1 Å². The first-order valence-electron chi connectivity index (χ1n) is 0.548. The van der Waals surface area contributed by atoms with Gasteiger partial charge in [0.25, 0.3) is 0 Å². The van der Waals surface area contributed by atoms with E-state index in [1.165, 1.54) is 0 Å². The summed E-state index contributed by atoms with van der Waals surface area (Å²) in [4.78, 5) is 8.25. The van der Waals surface area contributed by atoms with Gasteiger partial charge in [-0.15, -0.1) is 0 Å². The molecule has 0 aromatic rings. The molecule has 0 aromatic carbocycles. The second-order valence-corrected chi connectivity index (χ2v) is 0.224.